The highest BCUT2D eigenvalue weighted by Gasteiger charge is 2.25. The van der Waals surface area contributed by atoms with Crippen molar-refractivity contribution in [2.45, 2.75) is 45.8 Å². The largest absolute Gasteiger partial charge is 0.338 e. The molecule has 1 aromatic heterocycles. The molecule has 1 N–H and O–H groups in total. The van der Waals surface area contributed by atoms with Crippen molar-refractivity contribution in [1.82, 2.24) is 20.4 Å². The number of aryl methyl sites for hydroxylation is 1. The van der Waals surface area contributed by atoms with Crippen LogP contribution in [0.2, 0.25) is 0 Å². The molecule has 0 saturated carbocycles. The highest BCUT2D eigenvalue weighted by atomic mass is 16.5. The predicted molar refractivity (Wildman–Crippen MR) is 61.0 cm³/mol. The first-order chi connectivity index (χ1) is 7.69. The molecule has 0 bridgehead atoms. The molecular weight excluding hydrogens is 204 g/mol. The van der Waals surface area contributed by atoms with E-state index in [-0.39, 0.29) is 0 Å². The van der Waals surface area contributed by atoms with Crippen LogP contribution in [0, 0.1) is 6.92 Å². The molecule has 1 saturated heterocycles. The van der Waals surface area contributed by atoms with Gasteiger partial charge in [0.1, 0.15) is 0 Å². The molecule has 0 aliphatic carbocycles. The van der Waals surface area contributed by atoms with Gasteiger partial charge < -0.3 is 9.84 Å². The van der Waals surface area contributed by atoms with Crippen molar-refractivity contribution in [3.8, 4) is 0 Å². The fourth-order valence-electron chi connectivity index (χ4n) is 2.21. The van der Waals surface area contributed by atoms with Crippen molar-refractivity contribution in [3.05, 3.63) is 11.7 Å². The lowest BCUT2D eigenvalue weighted by Crippen LogP contribution is -2.54. The van der Waals surface area contributed by atoms with Gasteiger partial charge in [0, 0.05) is 25.2 Å². The quantitative estimate of drug-likeness (QED) is 0.828. The van der Waals surface area contributed by atoms with Crippen molar-refractivity contribution in [1.29, 1.82) is 0 Å². The summed E-state index contributed by atoms with van der Waals surface area (Å²) in [5.74, 6) is 1.44. The summed E-state index contributed by atoms with van der Waals surface area (Å²) in [6.45, 7) is 9.13. The normalized spacial score (nSPS) is 27.2. The summed E-state index contributed by atoms with van der Waals surface area (Å²) in [6, 6.07) is 1.11. The highest BCUT2D eigenvalue weighted by Crippen LogP contribution is 2.13. The molecule has 0 spiro atoms. The maximum atomic E-state index is 5.17. The average molecular weight is 224 g/mol. The first-order valence-electron chi connectivity index (χ1n) is 5.95. The monoisotopic (exact) mass is 224 g/mol. The number of rotatable bonds is 3. The van der Waals surface area contributed by atoms with Crippen LogP contribution in [0.1, 0.15) is 32.0 Å². The van der Waals surface area contributed by atoms with Crippen molar-refractivity contribution in [2.24, 2.45) is 0 Å². The van der Waals surface area contributed by atoms with Crippen molar-refractivity contribution in [2.75, 3.05) is 13.1 Å². The average Bonchev–Trinajstić information content (AvgIpc) is 2.64. The number of nitrogens with zero attached hydrogens (tertiary/aromatic N) is 3. The second-order valence-corrected chi connectivity index (χ2v) is 4.54. The zero-order valence-electron chi connectivity index (χ0n) is 10.2. The van der Waals surface area contributed by atoms with Crippen LogP contribution < -0.4 is 5.32 Å². The van der Waals surface area contributed by atoms with Crippen LogP contribution in [0.3, 0.4) is 0 Å². The molecule has 2 rings (SSSR count). The van der Waals surface area contributed by atoms with E-state index < -0.39 is 0 Å². The topological polar surface area (TPSA) is 54.2 Å². The van der Waals surface area contributed by atoms with Gasteiger partial charge in [0.2, 0.25) is 5.89 Å². The minimum Gasteiger partial charge on any atom is -0.338 e. The highest BCUT2D eigenvalue weighted by molar-refractivity contribution is 4.88. The van der Waals surface area contributed by atoms with Crippen LogP contribution in [-0.2, 0) is 6.54 Å². The van der Waals surface area contributed by atoms with Crippen molar-refractivity contribution >= 4 is 0 Å². The third-order valence-corrected chi connectivity index (χ3v) is 3.11. The smallest absolute Gasteiger partial charge is 0.240 e. The molecule has 2 unspecified atom stereocenters. The van der Waals surface area contributed by atoms with Gasteiger partial charge in [-0.15, -0.1) is 0 Å². The molecule has 1 aliphatic rings. The second-order valence-electron chi connectivity index (χ2n) is 4.54. The minimum absolute atomic E-state index is 0.534. The lowest BCUT2D eigenvalue weighted by atomic mass is 10.1. The summed E-state index contributed by atoms with van der Waals surface area (Å²) >= 11 is 0. The van der Waals surface area contributed by atoms with Gasteiger partial charge >= 0.3 is 0 Å². The number of hydrogen-bond acceptors (Lipinski definition) is 5. The Labute approximate surface area is 96.2 Å². The van der Waals surface area contributed by atoms with Crippen LogP contribution >= 0.6 is 0 Å². The minimum atomic E-state index is 0.534. The van der Waals surface area contributed by atoms with E-state index in [0.29, 0.717) is 17.9 Å². The van der Waals surface area contributed by atoms with Gasteiger partial charge in [0.05, 0.1) is 6.54 Å². The molecule has 5 heteroatoms. The number of aromatic nitrogens is 2. The summed E-state index contributed by atoms with van der Waals surface area (Å²) in [6.07, 6.45) is 1.15. The third kappa shape index (κ3) is 2.59. The van der Waals surface area contributed by atoms with Gasteiger partial charge in [-0.05, 0) is 20.3 Å². The molecule has 0 aromatic carbocycles. The lowest BCUT2D eigenvalue weighted by Gasteiger charge is -2.38. The predicted octanol–water partition coefficient (Wildman–Crippen LogP) is 0.950. The van der Waals surface area contributed by atoms with E-state index in [9.17, 15) is 0 Å². The fourth-order valence-corrected chi connectivity index (χ4v) is 2.21. The van der Waals surface area contributed by atoms with E-state index in [1.165, 1.54) is 0 Å². The summed E-state index contributed by atoms with van der Waals surface area (Å²) in [5, 5.41) is 7.32. The molecule has 0 radical (unpaired) electrons. The number of piperazine rings is 1. The number of nitrogens with one attached hydrogen (secondary N) is 1. The van der Waals surface area contributed by atoms with Gasteiger partial charge in [-0.25, -0.2) is 0 Å². The molecule has 5 nitrogen and oxygen atoms in total. The Kier molecular flexibility index (Phi) is 3.56. The summed E-state index contributed by atoms with van der Waals surface area (Å²) in [7, 11) is 0. The molecule has 16 heavy (non-hydrogen) atoms. The second kappa shape index (κ2) is 4.93. The van der Waals surface area contributed by atoms with Crippen LogP contribution in [0.15, 0.2) is 4.52 Å². The van der Waals surface area contributed by atoms with Crippen LogP contribution in [-0.4, -0.2) is 40.2 Å². The molecule has 2 heterocycles. The van der Waals surface area contributed by atoms with Crippen molar-refractivity contribution < 1.29 is 4.52 Å². The van der Waals surface area contributed by atoms with Crippen LogP contribution in [0.4, 0.5) is 0 Å². The summed E-state index contributed by atoms with van der Waals surface area (Å²) in [5.41, 5.74) is 0. The Balaban J connectivity index is 2.00. The first-order valence-corrected chi connectivity index (χ1v) is 5.95. The molecule has 2 atom stereocenters. The molecule has 90 valence electrons. The maximum absolute atomic E-state index is 5.17. The molecule has 1 aromatic rings. The Morgan fingerprint density at radius 2 is 2.38 bits per heavy atom. The van der Waals surface area contributed by atoms with E-state index >= 15 is 0 Å². The van der Waals surface area contributed by atoms with Crippen LogP contribution in [0.25, 0.3) is 0 Å². The molecule has 0 amide bonds. The van der Waals surface area contributed by atoms with Gasteiger partial charge in [-0.1, -0.05) is 12.1 Å². The summed E-state index contributed by atoms with van der Waals surface area (Å²) in [4.78, 5) is 6.68. The zero-order valence-corrected chi connectivity index (χ0v) is 10.2. The van der Waals surface area contributed by atoms with E-state index in [1.54, 1.807) is 0 Å². The SMILES string of the molecule is CCC1CNC(C)CN1Cc1nc(C)no1. The Hall–Kier alpha value is -0.940. The van der Waals surface area contributed by atoms with Gasteiger partial charge in [0.15, 0.2) is 5.82 Å². The zero-order chi connectivity index (χ0) is 11.5. The first kappa shape index (κ1) is 11.5. The summed E-state index contributed by atoms with van der Waals surface area (Å²) < 4.78 is 5.17. The van der Waals surface area contributed by atoms with E-state index in [0.717, 1.165) is 31.9 Å². The maximum Gasteiger partial charge on any atom is 0.240 e. The van der Waals surface area contributed by atoms with E-state index in [2.05, 4.69) is 34.2 Å². The third-order valence-electron chi connectivity index (χ3n) is 3.11. The Bertz CT molecular complexity index is 338. The van der Waals surface area contributed by atoms with Gasteiger partial charge in [0.25, 0.3) is 0 Å². The molecule has 1 aliphatic heterocycles. The van der Waals surface area contributed by atoms with Gasteiger partial charge in [-0.2, -0.15) is 4.98 Å². The Morgan fingerprint density at radius 3 is 3.00 bits per heavy atom. The Morgan fingerprint density at radius 1 is 1.56 bits per heavy atom. The molecular formula is C11H20N4O. The van der Waals surface area contributed by atoms with Crippen LogP contribution in [0.5, 0.6) is 0 Å². The van der Waals surface area contributed by atoms with Crippen molar-refractivity contribution in [3.63, 3.8) is 0 Å². The standard InChI is InChI=1S/C11H20N4O/c1-4-10-5-12-8(2)6-15(10)7-11-13-9(3)14-16-11/h8,10,12H,4-7H2,1-3H3. The molecule has 1 fully saturated rings. The van der Waals surface area contributed by atoms with Gasteiger partial charge in [-0.3, -0.25) is 4.90 Å². The number of hydrogen-bond donors (Lipinski definition) is 1. The van der Waals surface area contributed by atoms with E-state index in [1.807, 2.05) is 6.92 Å². The fraction of sp³-hybridized carbons (Fsp3) is 0.818. The van der Waals surface area contributed by atoms with E-state index in [4.69, 9.17) is 4.52 Å². The lowest BCUT2D eigenvalue weighted by molar-refractivity contribution is 0.110.